The molecule has 0 heterocycles. The van der Waals surface area contributed by atoms with E-state index in [0.29, 0.717) is 23.8 Å². The van der Waals surface area contributed by atoms with Crippen molar-refractivity contribution in [1.29, 1.82) is 0 Å². The van der Waals surface area contributed by atoms with Gasteiger partial charge in [0.1, 0.15) is 5.75 Å². The number of primary amides is 1. The number of hydrogen-bond acceptors (Lipinski definition) is 3. The van der Waals surface area contributed by atoms with E-state index >= 15 is 0 Å². The molecular weight excluding hydrogens is 216 g/mol. The Bertz CT molecular complexity index is 389. The topological polar surface area (TPSA) is 64.3 Å². The standard InChI is InChI=1S/C13H20N2O2/c1-4-17-10-5-6-12(15-8-9(2)3)11(7-10)13(14)16/h5-7,9,15H,4,8H2,1-3H3,(H2,14,16). The zero-order chi connectivity index (χ0) is 12.8. The summed E-state index contributed by atoms with van der Waals surface area (Å²) in [5.41, 5.74) is 6.58. The summed E-state index contributed by atoms with van der Waals surface area (Å²) in [6.45, 7) is 7.47. The fourth-order valence-corrected chi connectivity index (χ4v) is 1.45. The molecule has 0 aromatic heterocycles. The van der Waals surface area contributed by atoms with E-state index in [1.165, 1.54) is 0 Å². The highest BCUT2D eigenvalue weighted by atomic mass is 16.5. The second-order valence-corrected chi connectivity index (χ2v) is 4.28. The summed E-state index contributed by atoms with van der Waals surface area (Å²) in [7, 11) is 0. The molecule has 4 nitrogen and oxygen atoms in total. The van der Waals surface area contributed by atoms with Gasteiger partial charge in [-0.2, -0.15) is 0 Å². The second kappa shape index (κ2) is 6.13. The van der Waals surface area contributed by atoms with Crippen LogP contribution in [0.1, 0.15) is 31.1 Å². The number of carbonyl (C=O) groups is 1. The van der Waals surface area contributed by atoms with Crippen LogP contribution in [0.2, 0.25) is 0 Å². The van der Waals surface area contributed by atoms with Gasteiger partial charge in [0.15, 0.2) is 0 Å². The Morgan fingerprint density at radius 3 is 2.71 bits per heavy atom. The van der Waals surface area contributed by atoms with Gasteiger partial charge in [-0.05, 0) is 31.0 Å². The predicted octanol–water partition coefficient (Wildman–Crippen LogP) is 2.25. The summed E-state index contributed by atoms with van der Waals surface area (Å²) in [6, 6.07) is 5.33. The molecule has 0 atom stereocenters. The van der Waals surface area contributed by atoms with Crippen molar-refractivity contribution in [2.24, 2.45) is 11.7 Å². The van der Waals surface area contributed by atoms with Crippen LogP contribution in [0, 0.1) is 5.92 Å². The van der Waals surface area contributed by atoms with E-state index in [9.17, 15) is 4.79 Å². The predicted molar refractivity (Wildman–Crippen MR) is 69.5 cm³/mol. The molecule has 0 unspecified atom stereocenters. The minimum atomic E-state index is -0.446. The molecule has 17 heavy (non-hydrogen) atoms. The van der Waals surface area contributed by atoms with Crippen LogP contribution in [-0.4, -0.2) is 19.1 Å². The summed E-state index contributed by atoms with van der Waals surface area (Å²) >= 11 is 0. The zero-order valence-corrected chi connectivity index (χ0v) is 10.6. The molecule has 0 saturated carbocycles. The highest BCUT2D eigenvalue weighted by Gasteiger charge is 2.10. The molecule has 0 aliphatic heterocycles. The number of benzene rings is 1. The van der Waals surface area contributed by atoms with Crippen molar-refractivity contribution in [3.8, 4) is 5.75 Å². The largest absolute Gasteiger partial charge is 0.494 e. The maximum absolute atomic E-state index is 11.3. The molecule has 0 aliphatic rings. The highest BCUT2D eigenvalue weighted by molar-refractivity contribution is 5.98. The third-order valence-electron chi connectivity index (χ3n) is 2.27. The Hall–Kier alpha value is -1.71. The van der Waals surface area contributed by atoms with Crippen LogP contribution >= 0.6 is 0 Å². The molecule has 1 rings (SSSR count). The van der Waals surface area contributed by atoms with E-state index in [1.807, 2.05) is 19.1 Å². The van der Waals surface area contributed by atoms with Gasteiger partial charge in [0.2, 0.25) is 0 Å². The smallest absolute Gasteiger partial charge is 0.250 e. The summed E-state index contributed by atoms with van der Waals surface area (Å²) < 4.78 is 5.34. The van der Waals surface area contributed by atoms with Gasteiger partial charge < -0.3 is 15.8 Å². The fourth-order valence-electron chi connectivity index (χ4n) is 1.45. The Balaban J connectivity index is 2.92. The number of amides is 1. The van der Waals surface area contributed by atoms with Gasteiger partial charge in [0.05, 0.1) is 12.2 Å². The summed E-state index contributed by atoms with van der Waals surface area (Å²) in [6.07, 6.45) is 0. The van der Waals surface area contributed by atoms with E-state index < -0.39 is 5.91 Å². The first-order valence-electron chi connectivity index (χ1n) is 5.85. The van der Waals surface area contributed by atoms with E-state index in [4.69, 9.17) is 10.5 Å². The van der Waals surface area contributed by atoms with Gasteiger partial charge in [-0.25, -0.2) is 0 Å². The first-order valence-corrected chi connectivity index (χ1v) is 5.85. The first-order chi connectivity index (χ1) is 8.04. The van der Waals surface area contributed by atoms with Gasteiger partial charge in [-0.3, -0.25) is 4.79 Å². The Morgan fingerprint density at radius 2 is 2.18 bits per heavy atom. The average molecular weight is 236 g/mol. The monoisotopic (exact) mass is 236 g/mol. The van der Waals surface area contributed by atoms with Crippen molar-refractivity contribution < 1.29 is 9.53 Å². The zero-order valence-electron chi connectivity index (χ0n) is 10.6. The van der Waals surface area contributed by atoms with Crippen molar-refractivity contribution in [3.63, 3.8) is 0 Å². The molecule has 4 heteroatoms. The molecule has 3 N–H and O–H groups in total. The number of hydrogen-bond donors (Lipinski definition) is 2. The molecule has 0 bridgehead atoms. The van der Waals surface area contributed by atoms with Crippen LogP contribution in [0.4, 0.5) is 5.69 Å². The number of rotatable bonds is 6. The molecule has 1 amide bonds. The van der Waals surface area contributed by atoms with Crippen molar-refractivity contribution in [2.45, 2.75) is 20.8 Å². The fraction of sp³-hybridized carbons (Fsp3) is 0.462. The average Bonchev–Trinajstić information content (AvgIpc) is 2.27. The molecule has 0 radical (unpaired) electrons. The third-order valence-corrected chi connectivity index (χ3v) is 2.27. The van der Waals surface area contributed by atoms with Gasteiger partial charge in [-0.1, -0.05) is 13.8 Å². The minimum absolute atomic E-state index is 0.446. The highest BCUT2D eigenvalue weighted by Crippen LogP contribution is 2.22. The number of nitrogens with two attached hydrogens (primary N) is 1. The quantitative estimate of drug-likeness (QED) is 0.796. The molecule has 0 fully saturated rings. The minimum Gasteiger partial charge on any atom is -0.494 e. The Kier molecular flexibility index (Phi) is 4.82. The summed E-state index contributed by atoms with van der Waals surface area (Å²) in [5, 5.41) is 3.21. The lowest BCUT2D eigenvalue weighted by Crippen LogP contribution is -2.16. The van der Waals surface area contributed by atoms with E-state index in [-0.39, 0.29) is 0 Å². The lowest BCUT2D eigenvalue weighted by Gasteiger charge is -2.13. The van der Waals surface area contributed by atoms with Crippen LogP contribution in [-0.2, 0) is 0 Å². The number of anilines is 1. The van der Waals surface area contributed by atoms with Crippen molar-refractivity contribution in [1.82, 2.24) is 0 Å². The van der Waals surface area contributed by atoms with Gasteiger partial charge >= 0.3 is 0 Å². The van der Waals surface area contributed by atoms with Gasteiger partial charge in [-0.15, -0.1) is 0 Å². The van der Waals surface area contributed by atoms with Crippen molar-refractivity contribution >= 4 is 11.6 Å². The van der Waals surface area contributed by atoms with E-state index in [2.05, 4.69) is 19.2 Å². The van der Waals surface area contributed by atoms with Gasteiger partial charge in [0.25, 0.3) is 5.91 Å². The van der Waals surface area contributed by atoms with Crippen LogP contribution in [0.15, 0.2) is 18.2 Å². The number of nitrogens with one attached hydrogen (secondary N) is 1. The summed E-state index contributed by atoms with van der Waals surface area (Å²) in [5.74, 6) is 0.719. The maximum atomic E-state index is 11.3. The van der Waals surface area contributed by atoms with Crippen LogP contribution < -0.4 is 15.8 Å². The normalized spacial score (nSPS) is 10.4. The van der Waals surface area contributed by atoms with Crippen LogP contribution in [0.25, 0.3) is 0 Å². The molecular formula is C13H20N2O2. The molecule has 0 saturated heterocycles. The second-order valence-electron chi connectivity index (χ2n) is 4.28. The van der Waals surface area contributed by atoms with Gasteiger partial charge in [0, 0.05) is 12.2 Å². The molecule has 94 valence electrons. The van der Waals surface area contributed by atoms with E-state index in [0.717, 1.165) is 12.2 Å². The maximum Gasteiger partial charge on any atom is 0.250 e. The number of ether oxygens (including phenoxy) is 1. The lowest BCUT2D eigenvalue weighted by molar-refractivity contribution is 0.100. The Morgan fingerprint density at radius 1 is 1.47 bits per heavy atom. The van der Waals surface area contributed by atoms with Crippen molar-refractivity contribution in [3.05, 3.63) is 23.8 Å². The SMILES string of the molecule is CCOc1ccc(NCC(C)C)c(C(N)=O)c1. The van der Waals surface area contributed by atoms with Crippen molar-refractivity contribution in [2.75, 3.05) is 18.5 Å². The van der Waals surface area contributed by atoms with Crippen LogP contribution in [0.3, 0.4) is 0 Å². The first kappa shape index (κ1) is 13.4. The number of carbonyl (C=O) groups excluding carboxylic acids is 1. The molecule has 0 spiro atoms. The molecule has 0 aliphatic carbocycles. The Labute approximate surface area is 102 Å². The lowest BCUT2D eigenvalue weighted by atomic mass is 10.1. The summed E-state index contributed by atoms with van der Waals surface area (Å²) in [4.78, 5) is 11.3. The van der Waals surface area contributed by atoms with Crippen LogP contribution in [0.5, 0.6) is 5.75 Å². The molecule has 1 aromatic rings. The molecule has 1 aromatic carbocycles. The third kappa shape index (κ3) is 3.98. The van der Waals surface area contributed by atoms with E-state index in [1.54, 1.807) is 6.07 Å².